The van der Waals surface area contributed by atoms with E-state index in [2.05, 4.69) is 10.3 Å². The number of nitrogens with one attached hydrogen (secondary N) is 1. The van der Waals surface area contributed by atoms with Crippen molar-refractivity contribution >= 4 is 35.2 Å². The molecule has 2 N–H and O–H groups in total. The number of carbonyl (C=O) groups is 2. The van der Waals surface area contributed by atoms with Gasteiger partial charge in [0.25, 0.3) is 0 Å². The molecule has 0 fully saturated rings. The molecule has 0 saturated heterocycles. The first-order chi connectivity index (χ1) is 13.6. The van der Waals surface area contributed by atoms with E-state index in [1.165, 1.54) is 6.07 Å². The van der Waals surface area contributed by atoms with Crippen molar-refractivity contribution in [3.8, 4) is 5.75 Å². The number of amides is 1. The number of hydrogen-bond donors (Lipinski definition) is 2. The molecule has 0 aliphatic heterocycles. The molecule has 0 saturated carbocycles. The molecule has 0 aromatic heterocycles. The van der Waals surface area contributed by atoms with E-state index in [0.717, 1.165) is 0 Å². The first-order valence-corrected chi connectivity index (χ1v) is 9.22. The van der Waals surface area contributed by atoms with Crippen LogP contribution in [0.5, 0.6) is 5.75 Å². The average molecular weight is 419 g/mol. The quantitative estimate of drug-likeness (QED) is 0.326. The van der Waals surface area contributed by atoms with Crippen LogP contribution < -0.4 is 10.1 Å². The minimum absolute atomic E-state index is 0.197. The van der Waals surface area contributed by atoms with Crippen LogP contribution in [0.3, 0.4) is 0 Å². The van der Waals surface area contributed by atoms with Crippen molar-refractivity contribution in [1.29, 1.82) is 0 Å². The van der Waals surface area contributed by atoms with Gasteiger partial charge in [-0.2, -0.15) is 0 Å². The standard InChI is InChI=1S/C21H23ClN2O5/c1-13(24-20(27)29-21(2,3)4)23-16-8-5-14(6-9-16)19(26)28-17-10-7-15(12-25)18(22)11-17/h5-11,25H,12H2,1-4H3,(H,23,24,27). The number of hydrogen-bond acceptors (Lipinski definition) is 6. The number of aliphatic imine (C=N–C) groups is 1. The van der Waals surface area contributed by atoms with Gasteiger partial charge in [0.05, 0.1) is 17.9 Å². The highest BCUT2D eigenvalue weighted by Crippen LogP contribution is 2.23. The van der Waals surface area contributed by atoms with E-state index in [-0.39, 0.29) is 12.4 Å². The van der Waals surface area contributed by atoms with Crippen LogP contribution in [0.15, 0.2) is 47.5 Å². The molecule has 0 heterocycles. The van der Waals surface area contributed by atoms with Gasteiger partial charge in [-0.1, -0.05) is 17.7 Å². The van der Waals surface area contributed by atoms with E-state index in [0.29, 0.717) is 27.7 Å². The largest absolute Gasteiger partial charge is 0.444 e. The molecular formula is C21H23ClN2O5. The van der Waals surface area contributed by atoms with Crippen LogP contribution in [-0.4, -0.2) is 28.6 Å². The summed E-state index contributed by atoms with van der Waals surface area (Å²) in [5.74, 6) is 0.0711. The zero-order valence-corrected chi connectivity index (χ0v) is 17.4. The van der Waals surface area contributed by atoms with Crippen molar-refractivity contribution in [3.63, 3.8) is 0 Å². The maximum atomic E-state index is 12.3. The average Bonchev–Trinajstić information content (AvgIpc) is 2.60. The van der Waals surface area contributed by atoms with E-state index in [9.17, 15) is 9.59 Å². The highest BCUT2D eigenvalue weighted by molar-refractivity contribution is 6.31. The van der Waals surface area contributed by atoms with Crippen molar-refractivity contribution in [1.82, 2.24) is 5.32 Å². The number of aliphatic hydroxyl groups excluding tert-OH is 1. The van der Waals surface area contributed by atoms with Gasteiger partial charge in [0, 0.05) is 5.02 Å². The summed E-state index contributed by atoms with van der Waals surface area (Å²) in [4.78, 5) is 28.3. The van der Waals surface area contributed by atoms with Crippen molar-refractivity contribution in [2.75, 3.05) is 0 Å². The summed E-state index contributed by atoms with van der Waals surface area (Å²) in [5, 5.41) is 12.0. The normalized spacial score (nSPS) is 11.7. The van der Waals surface area contributed by atoms with Gasteiger partial charge in [0.2, 0.25) is 0 Å². The second kappa shape index (κ2) is 9.54. The Morgan fingerprint density at radius 1 is 1.14 bits per heavy atom. The Balaban J connectivity index is 2.01. The predicted molar refractivity (Wildman–Crippen MR) is 111 cm³/mol. The lowest BCUT2D eigenvalue weighted by Gasteiger charge is -2.19. The lowest BCUT2D eigenvalue weighted by atomic mass is 10.2. The van der Waals surface area contributed by atoms with Crippen LogP contribution in [-0.2, 0) is 11.3 Å². The molecule has 0 aliphatic rings. The smallest absolute Gasteiger partial charge is 0.413 e. The number of aliphatic hydroxyl groups is 1. The lowest BCUT2D eigenvalue weighted by Crippen LogP contribution is -2.35. The second-order valence-corrected chi connectivity index (χ2v) is 7.58. The number of ether oxygens (including phenoxy) is 2. The molecular weight excluding hydrogens is 396 g/mol. The van der Waals surface area contributed by atoms with Gasteiger partial charge in [-0.15, -0.1) is 0 Å². The molecule has 0 bridgehead atoms. The number of alkyl carbamates (subject to hydrolysis) is 1. The van der Waals surface area contributed by atoms with Gasteiger partial charge >= 0.3 is 12.1 Å². The van der Waals surface area contributed by atoms with Crippen molar-refractivity contribution in [3.05, 3.63) is 58.6 Å². The summed E-state index contributed by atoms with van der Waals surface area (Å²) in [5.41, 5.74) is 0.813. The summed E-state index contributed by atoms with van der Waals surface area (Å²) in [6.07, 6.45) is -0.593. The molecule has 0 spiro atoms. The topological polar surface area (TPSA) is 97.2 Å². The maximum Gasteiger partial charge on any atom is 0.413 e. The maximum absolute atomic E-state index is 12.3. The number of esters is 1. The predicted octanol–water partition coefficient (Wildman–Crippen LogP) is 4.63. The lowest BCUT2D eigenvalue weighted by molar-refractivity contribution is 0.0562. The van der Waals surface area contributed by atoms with Crippen molar-refractivity contribution in [2.45, 2.75) is 39.9 Å². The Bertz CT molecular complexity index is 918. The highest BCUT2D eigenvalue weighted by Gasteiger charge is 2.16. The van der Waals surface area contributed by atoms with Gasteiger partial charge in [-0.25, -0.2) is 14.6 Å². The number of nitrogens with zero attached hydrogens (tertiary/aromatic N) is 1. The summed E-state index contributed by atoms with van der Waals surface area (Å²) in [6, 6.07) is 11.0. The molecule has 29 heavy (non-hydrogen) atoms. The number of amidine groups is 1. The Labute approximate surface area is 174 Å². The first-order valence-electron chi connectivity index (χ1n) is 8.84. The van der Waals surface area contributed by atoms with E-state index in [1.807, 2.05) is 0 Å². The van der Waals surface area contributed by atoms with Gasteiger partial charge in [-0.3, -0.25) is 5.32 Å². The van der Waals surface area contributed by atoms with Gasteiger partial charge in [0.1, 0.15) is 17.2 Å². The van der Waals surface area contributed by atoms with Crippen molar-refractivity contribution in [2.24, 2.45) is 4.99 Å². The Morgan fingerprint density at radius 2 is 1.79 bits per heavy atom. The fourth-order valence-electron chi connectivity index (χ4n) is 2.23. The number of rotatable bonds is 4. The summed E-state index contributed by atoms with van der Waals surface area (Å²) >= 11 is 5.99. The van der Waals surface area contributed by atoms with E-state index < -0.39 is 17.7 Å². The van der Waals surface area contributed by atoms with E-state index in [1.54, 1.807) is 64.1 Å². The fraction of sp³-hybridized carbons (Fsp3) is 0.286. The van der Waals surface area contributed by atoms with Crippen LogP contribution in [0.4, 0.5) is 10.5 Å². The molecule has 7 nitrogen and oxygen atoms in total. The minimum Gasteiger partial charge on any atom is -0.444 e. The Kier molecular flexibility index (Phi) is 7.36. The van der Waals surface area contributed by atoms with Gasteiger partial charge in [0.15, 0.2) is 0 Å². The number of halogens is 1. The molecule has 0 aliphatic carbocycles. The summed E-state index contributed by atoms with van der Waals surface area (Å²) in [7, 11) is 0. The van der Waals surface area contributed by atoms with Gasteiger partial charge < -0.3 is 14.6 Å². The zero-order valence-electron chi connectivity index (χ0n) is 16.7. The van der Waals surface area contributed by atoms with Crippen LogP contribution >= 0.6 is 11.6 Å². The molecule has 2 aromatic carbocycles. The molecule has 0 atom stereocenters. The summed E-state index contributed by atoms with van der Waals surface area (Å²) in [6.45, 7) is 6.74. The third-order valence-electron chi connectivity index (χ3n) is 3.49. The number of benzene rings is 2. The van der Waals surface area contributed by atoms with Gasteiger partial charge in [-0.05, 0) is 69.7 Å². The Morgan fingerprint density at radius 3 is 2.34 bits per heavy atom. The third kappa shape index (κ3) is 7.21. The van der Waals surface area contributed by atoms with E-state index >= 15 is 0 Å². The molecule has 154 valence electrons. The van der Waals surface area contributed by atoms with E-state index in [4.69, 9.17) is 26.2 Å². The van der Waals surface area contributed by atoms with Crippen LogP contribution in [0.25, 0.3) is 0 Å². The van der Waals surface area contributed by atoms with Crippen molar-refractivity contribution < 1.29 is 24.2 Å². The van der Waals surface area contributed by atoms with Crippen LogP contribution in [0.2, 0.25) is 5.02 Å². The number of carbonyl (C=O) groups excluding carboxylic acids is 2. The molecule has 2 aromatic rings. The third-order valence-corrected chi connectivity index (χ3v) is 3.84. The first kappa shape index (κ1) is 22.4. The highest BCUT2D eigenvalue weighted by atomic mass is 35.5. The Hall–Kier alpha value is -2.90. The second-order valence-electron chi connectivity index (χ2n) is 7.17. The fourth-order valence-corrected chi connectivity index (χ4v) is 2.46. The molecule has 0 unspecified atom stereocenters. The molecule has 8 heteroatoms. The zero-order chi connectivity index (χ0) is 21.6. The summed E-state index contributed by atoms with van der Waals surface area (Å²) < 4.78 is 10.4. The molecule has 0 radical (unpaired) electrons. The SMILES string of the molecule is CC(=Nc1ccc(C(=O)Oc2ccc(CO)c(Cl)c2)cc1)NC(=O)OC(C)(C)C. The molecule has 1 amide bonds. The molecule has 2 rings (SSSR count). The monoisotopic (exact) mass is 418 g/mol. The van der Waals surface area contributed by atoms with Crippen LogP contribution in [0, 0.1) is 0 Å². The van der Waals surface area contributed by atoms with Crippen LogP contribution in [0.1, 0.15) is 43.6 Å². The minimum atomic E-state index is -0.602.